The zero-order chi connectivity index (χ0) is 8.97. The SMILES string of the molecule is C=CCC1=CC(OC)=C(O)CC1. The highest BCUT2D eigenvalue weighted by Gasteiger charge is 2.11. The number of methoxy groups -OCH3 is 1. The van der Waals surface area contributed by atoms with Crippen LogP contribution in [0, 0.1) is 0 Å². The number of rotatable bonds is 3. The van der Waals surface area contributed by atoms with Gasteiger partial charge in [-0.15, -0.1) is 6.58 Å². The Kier molecular flexibility index (Phi) is 2.97. The Morgan fingerprint density at radius 2 is 2.42 bits per heavy atom. The molecule has 1 aliphatic rings. The van der Waals surface area contributed by atoms with Crippen molar-refractivity contribution in [3.05, 3.63) is 35.8 Å². The van der Waals surface area contributed by atoms with Crippen LogP contribution in [0.25, 0.3) is 0 Å². The lowest BCUT2D eigenvalue weighted by molar-refractivity contribution is 0.257. The molecule has 1 aliphatic carbocycles. The number of allylic oxidation sites excluding steroid dienone is 4. The van der Waals surface area contributed by atoms with E-state index in [1.807, 2.05) is 12.2 Å². The highest BCUT2D eigenvalue weighted by molar-refractivity contribution is 5.27. The summed E-state index contributed by atoms with van der Waals surface area (Å²) in [7, 11) is 1.57. The molecule has 0 heterocycles. The largest absolute Gasteiger partial charge is 0.508 e. The van der Waals surface area contributed by atoms with Crippen LogP contribution in [-0.4, -0.2) is 12.2 Å². The third-order valence-corrected chi connectivity index (χ3v) is 1.93. The van der Waals surface area contributed by atoms with Crippen LogP contribution >= 0.6 is 0 Å². The second-order valence-electron chi connectivity index (χ2n) is 2.81. The molecule has 0 aliphatic heterocycles. The van der Waals surface area contributed by atoms with Gasteiger partial charge in [0.1, 0.15) is 5.76 Å². The van der Waals surface area contributed by atoms with Crippen molar-refractivity contribution in [2.75, 3.05) is 7.11 Å². The van der Waals surface area contributed by atoms with Crippen LogP contribution in [-0.2, 0) is 4.74 Å². The Morgan fingerprint density at radius 1 is 1.67 bits per heavy atom. The third-order valence-electron chi connectivity index (χ3n) is 1.93. The molecule has 0 unspecified atom stereocenters. The maximum absolute atomic E-state index is 9.34. The number of aliphatic hydroxyl groups is 1. The average molecular weight is 166 g/mol. The Morgan fingerprint density at radius 3 is 3.00 bits per heavy atom. The summed E-state index contributed by atoms with van der Waals surface area (Å²) in [5, 5.41) is 9.34. The fourth-order valence-electron chi connectivity index (χ4n) is 1.27. The molecule has 1 N–H and O–H groups in total. The fraction of sp³-hybridized carbons (Fsp3) is 0.400. The van der Waals surface area contributed by atoms with Crippen LogP contribution in [0.3, 0.4) is 0 Å². The summed E-state index contributed by atoms with van der Waals surface area (Å²) in [5.41, 5.74) is 1.26. The van der Waals surface area contributed by atoms with Crippen LogP contribution in [0.2, 0.25) is 0 Å². The van der Waals surface area contributed by atoms with Gasteiger partial charge in [-0.25, -0.2) is 0 Å². The number of hydrogen-bond acceptors (Lipinski definition) is 2. The van der Waals surface area contributed by atoms with Gasteiger partial charge in [-0.05, 0) is 18.9 Å². The first kappa shape index (κ1) is 8.91. The molecule has 0 bridgehead atoms. The van der Waals surface area contributed by atoms with Gasteiger partial charge in [0, 0.05) is 6.42 Å². The first-order chi connectivity index (χ1) is 5.77. The summed E-state index contributed by atoms with van der Waals surface area (Å²) in [5.74, 6) is 0.948. The molecule has 0 atom stereocenters. The molecule has 0 spiro atoms. The molecular weight excluding hydrogens is 152 g/mol. The van der Waals surface area contributed by atoms with Gasteiger partial charge in [0.05, 0.1) is 7.11 Å². The minimum atomic E-state index is 0.352. The molecule has 66 valence electrons. The van der Waals surface area contributed by atoms with Crippen molar-refractivity contribution in [2.45, 2.75) is 19.3 Å². The van der Waals surface area contributed by atoms with E-state index in [2.05, 4.69) is 6.58 Å². The van der Waals surface area contributed by atoms with Crippen LogP contribution in [0.4, 0.5) is 0 Å². The summed E-state index contributed by atoms with van der Waals surface area (Å²) in [4.78, 5) is 0. The first-order valence-corrected chi connectivity index (χ1v) is 4.04. The van der Waals surface area contributed by atoms with E-state index >= 15 is 0 Å². The van der Waals surface area contributed by atoms with E-state index < -0.39 is 0 Å². The van der Waals surface area contributed by atoms with Gasteiger partial charge >= 0.3 is 0 Å². The van der Waals surface area contributed by atoms with Crippen molar-refractivity contribution in [2.24, 2.45) is 0 Å². The normalized spacial score (nSPS) is 17.2. The molecule has 0 aromatic carbocycles. The number of hydrogen-bond donors (Lipinski definition) is 1. The van der Waals surface area contributed by atoms with E-state index in [9.17, 15) is 5.11 Å². The van der Waals surface area contributed by atoms with Crippen LogP contribution in [0.15, 0.2) is 35.8 Å². The average Bonchev–Trinajstić information content (AvgIpc) is 2.09. The van der Waals surface area contributed by atoms with Crippen molar-refractivity contribution in [1.29, 1.82) is 0 Å². The predicted molar refractivity (Wildman–Crippen MR) is 48.8 cm³/mol. The standard InChI is InChI=1S/C10H14O2/c1-3-4-8-5-6-9(11)10(7-8)12-2/h3,7,11H,1,4-6H2,2H3. The van der Waals surface area contributed by atoms with Crippen molar-refractivity contribution in [3.8, 4) is 0 Å². The molecule has 0 saturated carbocycles. The van der Waals surface area contributed by atoms with Crippen LogP contribution in [0.5, 0.6) is 0 Å². The summed E-state index contributed by atoms with van der Waals surface area (Å²) >= 11 is 0. The molecule has 0 aromatic rings. The Bertz CT molecular complexity index is 236. The maximum atomic E-state index is 9.34. The zero-order valence-electron chi connectivity index (χ0n) is 7.34. The molecule has 12 heavy (non-hydrogen) atoms. The lowest BCUT2D eigenvalue weighted by atomic mass is 10.00. The second kappa shape index (κ2) is 4.00. The highest BCUT2D eigenvalue weighted by Crippen LogP contribution is 2.24. The van der Waals surface area contributed by atoms with Crippen molar-refractivity contribution >= 4 is 0 Å². The molecule has 0 saturated heterocycles. The smallest absolute Gasteiger partial charge is 0.156 e. The van der Waals surface area contributed by atoms with E-state index in [0.29, 0.717) is 17.9 Å². The monoisotopic (exact) mass is 166 g/mol. The molecule has 1 rings (SSSR count). The molecule has 0 fully saturated rings. The Hall–Kier alpha value is -1.18. The fourth-order valence-corrected chi connectivity index (χ4v) is 1.27. The third kappa shape index (κ3) is 1.91. The molecule has 2 nitrogen and oxygen atoms in total. The van der Waals surface area contributed by atoms with Crippen molar-refractivity contribution < 1.29 is 9.84 Å². The lowest BCUT2D eigenvalue weighted by Crippen LogP contribution is -2.00. The van der Waals surface area contributed by atoms with E-state index in [4.69, 9.17) is 4.74 Å². The van der Waals surface area contributed by atoms with E-state index in [1.165, 1.54) is 5.57 Å². The summed E-state index contributed by atoms with van der Waals surface area (Å²) in [6.07, 6.45) is 6.22. The number of ether oxygens (including phenoxy) is 1. The van der Waals surface area contributed by atoms with E-state index in [-0.39, 0.29) is 0 Å². The van der Waals surface area contributed by atoms with E-state index in [0.717, 1.165) is 12.8 Å². The summed E-state index contributed by atoms with van der Waals surface area (Å²) in [6.45, 7) is 3.66. The van der Waals surface area contributed by atoms with Crippen molar-refractivity contribution in [3.63, 3.8) is 0 Å². The van der Waals surface area contributed by atoms with Gasteiger partial charge in [-0.2, -0.15) is 0 Å². The number of aliphatic hydroxyl groups excluding tert-OH is 1. The topological polar surface area (TPSA) is 29.5 Å². The molecule has 2 heteroatoms. The minimum Gasteiger partial charge on any atom is -0.508 e. The Balaban J connectivity index is 2.75. The molecule has 0 aromatic heterocycles. The minimum absolute atomic E-state index is 0.352. The van der Waals surface area contributed by atoms with Crippen molar-refractivity contribution in [1.82, 2.24) is 0 Å². The Labute approximate surface area is 72.9 Å². The van der Waals surface area contributed by atoms with Gasteiger partial charge in [0.25, 0.3) is 0 Å². The highest BCUT2D eigenvalue weighted by atomic mass is 16.5. The second-order valence-corrected chi connectivity index (χ2v) is 2.81. The zero-order valence-corrected chi connectivity index (χ0v) is 7.34. The van der Waals surface area contributed by atoms with Gasteiger partial charge in [-0.1, -0.05) is 11.6 Å². The van der Waals surface area contributed by atoms with E-state index in [1.54, 1.807) is 7.11 Å². The van der Waals surface area contributed by atoms with Gasteiger partial charge in [0.15, 0.2) is 5.76 Å². The quantitative estimate of drug-likeness (QED) is 0.653. The van der Waals surface area contributed by atoms with Gasteiger partial charge < -0.3 is 9.84 Å². The molecular formula is C10H14O2. The first-order valence-electron chi connectivity index (χ1n) is 4.04. The van der Waals surface area contributed by atoms with Gasteiger partial charge in [-0.3, -0.25) is 0 Å². The molecule has 0 amide bonds. The predicted octanol–water partition coefficient (Wildman–Crippen LogP) is 2.70. The summed E-state index contributed by atoms with van der Waals surface area (Å²) in [6, 6.07) is 0. The van der Waals surface area contributed by atoms with Crippen LogP contribution in [0.1, 0.15) is 19.3 Å². The molecule has 0 radical (unpaired) electrons. The van der Waals surface area contributed by atoms with Gasteiger partial charge in [0.2, 0.25) is 0 Å². The lowest BCUT2D eigenvalue weighted by Gasteiger charge is -2.14. The maximum Gasteiger partial charge on any atom is 0.156 e. The summed E-state index contributed by atoms with van der Waals surface area (Å²) < 4.78 is 5.00. The van der Waals surface area contributed by atoms with Crippen LogP contribution < -0.4 is 0 Å².